The van der Waals surface area contributed by atoms with Crippen molar-refractivity contribution in [3.63, 3.8) is 0 Å². The Morgan fingerprint density at radius 3 is 2.03 bits per heavy atom. The van der Waals surface area contributed by atoms with Gasteiger partial charge in [-0.2, -0.15) is 0 Å². The predicted octanol–water partition coefficient (Wildman–Crippen LogP) is 9.15. The van der Waals surface area contributed by atoms with Gasteiger partial charge in [0.05, 0.1) is 13.7 Å². The molecule has 5 amide bonds. The van der Waals surface area contributed by atoms with E-state index in [1.54, 1.807) is 49.4 Å². The minimum Gasteiger partial charge on any atom is -0.497 e. The number of nitrogens with one attached hydrogen (secondary N) is 3. The number of Topliss-reactive ketones (excluding diaryl/α,β-unsaturated/α-hetero) is 1. The molecular formula is C48H57ClN4O8. The topological polar surface area (TPSA) is 152 Å². The van der Waals surface area contributed by atoms with Crippen molar-refractivity contribution in [2.24, 2.45) is 0 Å². The normalized spacial score (nSPS) is 16.9. The van der Waals surface area contributed by atoms with E-state index in [0.29, 0.717) is 29.2 Å². The molecule has 0 saturated carbocycles. The lowest BCUT2D eigenvalue weighted by molar-refractivity contribution is -0.171. The van der Waals surface area contributed by atoms with Crippen LogP contribution in [0, 0.1) is 0 Å². The van der Waals surface area contributed by atoms with E-state index in [-0.39, 0.29) is 35.2 Å². The summed E-state index contributed by atoms with van der Waals surface area (Å²) in [6, 6.07) is 26.0. The van der Waals surface area contributed by atoms with E-state index < -0.39 is 46.2 Å². The molecule has 12 nitrogen and oxygen atoms in total. The summed E-state index contributed by atoms with van der Waals surface area (Å²) in [7, 11) is 1.46. The van der Waals surface area contributed by atoms with Gasteiger partial charge in [-0.05, 0) is 96.7 Å². The first kappa shape index (κ1) is 46.3. The average molecular weight is 853 g/mol. The zero-order valence-electron chi connectivity index (χ0n) is 36.4. The summed E-state index contributed by atoms with van der Waals surface area (Å²) in [5.41, 5.74) is 0.222. The largest absolute Gasteiger partial charge is 0.497 e. The molecule has 4 aromatic rings. The molecule has 324 valence electrons. The molecule has 5 rings (SSSR count). The van der Waals surface area contributed by atoms with Gasteiger partial charge in [0, 0.05) is 29.1 Å². The third-order valence-electron chi connectivity index (χ3n) is 11.7. The summed E-state index contributed by atoms with van der Waals surface area (Å²) < 4.78 is 17.8. The van der Waals surface area contributed by atoms with Gasteiger partial charge in [-0.3, -0.25) is 29.4 Å². The quantitative estimate of drug-likeness (QED) is 0.0366. The highest BCUT2D eigenvalue weighted by molar-refractivity contribution is 6.53. The highest BCUT2D eigenvalue weighted by atomic mass is 35.5. The number of amides is 5. The molecule has 61 heavy (non-hydrogen) atoms. The SMILES string of the molecule is CCOC1(C(Cl)(C(=O)Nc2cccc(NC(=O)C(CC)Oc3ccc(C(C)(C)CC)cc3C(C)(C)CC)c2)C(=O)c2ccc(OC)cc2)C(=O)NC(=O)N1Cc1ccccc1. The van der Waals surface area contributed by atoms with Crippen molar-refractivity contribution in [2.45, 2.75) is 109 Å². The molecule has 1 aliphatic heterocycles. The first-order chi connectivity index (χ1) is 28.9. The minimum atomic E-state index is -2.91. The number of ether oxygens (including phenoxy) is 3. The van der Waals surface area contributed by atoms with Crippen molar-refractivity contribution in [1.82, 2.24) is 10.2 Å². The van der Waals surface area contributed by atoms with Gasteiger partial charge in [-0.15, -0.1) is 0 Å². The van der Waals surface area contributed by atoms with E-state index in [4.69, 9.17) is 25.8 Å². The fraction of sp³-hybridized carbons (Fsp3) is 0.396. The molecule has 1 fully saturated rings. The summed E-state index contributed by atoms with van der Waals surface area (Å²) >= 11 is 7.36. The maximum absolute atomic E-state index is 14.8. The van der Waals surface area contributed by atoms with Crippen molar-refractivity contribution < 1.29 is 38.2 Å². The van der Waals surface area contributed by atoms with Crippen LogP contribution >= 0.6 is 11.6 Å². The number of halogens is 1. The number of benzene rings is 4. The summed E-state index contributed by atoms with van der Waals surface area (Å²) in [5.74, 6) is -2.64. The van der Waals surface area contributed by atoms with Crippen molar-refractivity contribution in [3.05, 3.63) is 119 Å². The van der Waals surface area contributed by atoms with Gasteiger partial charge < -0.3 is 24.8 Å². The van der Waals surface area contributed by atoms with Crippen LogP contribution in [0.3, 0.4) is 0 Å². The Labute approximate surface area is 363 Å². The second kappa shape index (κ2) is 18.9. The van der Waals surface area contributed by atoms with Gasteiger partial charge in [-0.25, -0.2) is 4.79 Å². The number of hydrogen-bond donors (Lipinski definition) is 3. The molecule has 1 aliphatic rings. The maximum Gasteiger partial charge on any atom is 0.327 e. The molecule has 0 aliphatic carbocycles. The first-order valence-corrected chi connectivity index (χ1v) is 21.0. The van der Waals surface area contributed by atoms with Gasteiger partial charge in [0.1, 0.15) is 11.5 Å². The smallest absolute Gasteiger partial charge is 0.327 e. The number of urea groups is 1. The Kier molecular flexibility index (Phi) is 14.4. The highest BCUT2D eigenvalue weighted by Gasteiger charge is 2.73. The molecule has 0 aromatic heterocycles. The number of nitrogens with zero attached hydrogens (tertiary/aromatic N) is 1. The Morgan fingerprint density at radius 1 is 0.803 bits per heavy atom. The fourth-order valence-electron chi connectivity index (χ4n) is 7.18. The van der Waals surface area contributed by atoms with Crippen molar-refractivity contribution in [1.29, 1.82) is 0 Å². The van der Waals surface area contributed by atoms with E-state index in [1.807, 2.05) is 13.0 Å². The number of methoxy groups -OCH3 is 1. The number of hydrogen-bond acceptors (Lipinski definition) is 8. The monoisotopic (exact) mass is 852 g/mol. The number of carbonyl (C=O) groups is 5. The lowest BCUT2D eigenvalue weighted by Gasteiger charge is -2.43. The summed E-state index contributed by atoms with van der Waals surface area (Å²) in [6.07, 6.45) is 1.30. The lowest BCUT2D eigenvalue weighted by Crippen LogP contribution is -2.72. The van der Waals surface area contributed by atoms with Crippen LogP contribution in [0.25, 0.3) is 0 Å². The van der Waals surface area contributed by atoms with Crippen LogP contribution in [-0.4, -0.2) is 64.9 Å². The molecule has 3 unspecified atom stereocenters. The Morgan fingerprint density at radius 2 is 1.44 bits per heavy atom. The number of imide groups is 1. The Balaban J connectivity index is 1.49. The number of carbonyl (C=O) groups excluding carboxylic acids is 5. The molecule has 4 aromatic carbocycles. The van der Waals surface area contributed by atoms with Crippen LogP contribution in [0.5, 0.6) is 11.5 Å². The Bertz CT molecular complexity index is 2250. The van der Waals surface area contributed by atoms with E-state index in [2.05, 4.69) is 69.6 Å². The van der Waals surface area contributed by atoms with Gasteiger partial charge in [0.25, 0.3) is 23.4 Å². The van der Waals surface area contributed by atoms with Gasteiger partial charge in [-0.1, -0.05) is 109 Å². The summed E-state index contributed by atoms with van der Waals surface area (Å²) in [6.45, 7) is 16.0. The fourth-order valence-corrected chi connectivity index (χ4v) is 7.58. The maximum atomic E-state index is 14.8. The summed E-state index contributed by atoms with van der Waals surface area (Å²) in [5, 5.41) is 7.82. The number of alkyl halides is 1. The number of anilines is 2. The van der Waals surface area contributed by atoms with Gasteiger partial charge in [0.15, 0.2) is 11.9 Å². The second-order valence-electron chi connectivity index (χ2n) is 16.3. The Hall–Kier alpha value is -5.72. The molecule has 13 heteroatoms. The number of ketones is 1. The van der Waals surface area contributed by atoms with E-state index in [9.17, 15) is 24.0 Å². The van der Waals surface area contributed by atoms with Gasteiger partial charge >= 0.3 is 6.03 Å². The summed E-state index contributed by atoms with van der Waals surface area (Å²) in [4.78, 5) is 69.2. The van der Waals surface area contributed by atoms with E-state index in [1.165, 1.54) is 49.1 Å². The molecule has 0 bridgehead atoms. The average Bonchev–Trinajstić information content (AvgIpc) is 3.49. The van der Waals surface area contributed by atoms with Crippen molar-refractivity contribution in [3.8, 4) is 11.5 Å². The van der Waals surface area contributed by atoms with Crippen molar-refractivity contribution >= 4 is 52.5 Å². The predicted molar refractivity (Wildman–Crippen MR) is 237 cm³/mol. The zero-order chi connectivity index (χ0) is 44.8. The van der Waals surface area contributed by atoms with E-state index >= 15 is 0 Å². The van der Waals surface area contributed by atoms with Crippen LogP contribution in [0.15, 0.2) is 97.1 Å². The highest BCUT2D eigenvalue weighted by Crippen LogP contribution is 2.44. The van der Waals surface area contributed by atoms with Crippen LogP contribution in [-0.2, 0) is 36.5 Å². The third-order valence-corrected chi connectivity index (χ3v) is 12.3. The second-order valence-corrected chi connectivity index (χ2v) is 16.9. The van der Waals surface area contributed by atoms with Crippen LogP contribution in [0.1, 0.15) is 102 Å². The van der Waals surface area contributed by atoms with Crippen LogP contribution in [0.2, 0.25) is 0 Å². The number of rotatable bonds is 19. The standard InChI is InChI=1S/C48H57ClN4O8/c1-10-38(61-39-27-24-33(45(5,6)11-2)28-37(39)46(7,8)12-3)41(55)50-34-20-17-21-35(29-34)51-42(56)47(49,40(54)32-22-25-36(59-9)26-23-32)48(60-13-4)43(57)52-44(58)53(48)30-31-18-15-14-16-19-31/h14-29,38H,10-13,30H2,1-9H3,(H,50,55)(H,51,56)(H,52,57,58). The molecule has 3 atom stereocenters. The molecular weight excluding hydrogens is 796 g/mol. The lowest BCUT2D eigenvalue weighted by atomic mass is 9.76. The molecule has 3 N–H and O–H groups in total. The molecule has 1 saturated heterocycles. The third kappa shape index (κ3) is 9.30. The molecule has 0 radical (unpaired) electrons. The van der Waals surface area contributed by atoms with Crippen molar-refractivity contribution in [2.75, 3.05) is 24.4 Å². The molecule has 1 heterocycles. The van der Waals surface area contributed by atoms with Gasteiger partial charge in [0.2, 0.25) is 4.87 Å². The van der Waals surface area contributed by atoms with Crippen LogP contribution < -0.4 is 25.4 Å². The van der Waals surface area contributed by atoms with E-state index in [0.717, 1.165) is 23.3 Å². The molecule has 0 spiro atoms. The zero-order valence-corrected chi connectivity index (χ0v) is 37.2. The first-order valence-electron chi connectivity index (χ1n) is 20.6. The minimum absolute atomic E-state index is 0.0444. The van der Waals surface area contributed by atoms with Crippen LogP contribution in [0.4, 0.5) is 16.2 Å².